The van der Waals surface area contributed by atoms with Gasteiger partial charge in [0.05, 0.1) is 18.7 Å². The van der Waals surface area contributed by atoms with Crippen molar-refractivity contribution >= 4 is 18.3 Å². The highest BCUT2D eigenvalue weighted by Crippen LogP contribution is 2.17. The van der Waals surface area contributed by atoms with Crippen molar-refractivity contribution in [2.75, 3.05) is 26.3 Å². The van der Waals surface area contributed by atoms with E-state index >= 15 is 0 Å². The molecule has 2 aliphatic heterocycles. The van der Waals surface area contributed by atoms with Crippen LogP contribution in [-0.2, 0) is 16.0 Å². The lowest BCUT2D eigenvalue weighted by atomic mass is 10.0. The molecule has 2 fully saturated rings. The average molecular weight is 311 g/mol. The van der Waals surface area contributed by atoms with Crippen molar-refractivity contribution in [2.24, 2.45) is 0 Å². The fourth-order valence-electron chi connectivity index (χ4n) is 3.10. The van der Waals surface area contributed by atoms with Gasteiger partial charge in [-0.3, -0.25) is 4.79 Å². The first-order valence-electron chi connectivity index (χ1n) is 7.50. The van der Waals surface area contributed by atoms with Gasteiger partial charge in [0, 0.05) is 19.7 Å². The molecule has 116 valence electrons. The number of benzene rings is 1. The minimum Gasteiger partial charge on any atom is -0.379 e. The quantitative estimate of drug-likeness (QED) is 0.903. The molecule has 1 aromatic rings. The third kappa shape index (κ3) is 3.96. The van der Waals surface area contributed by atoms with Gasteiger partial charge in [-0.2, -0.15) is 0 Å². The topological polar surface area (TPSA) is 41.6 Å². The molecular weight excluding hydrogens is 288 g/mol. The normalized spacial score (nSPS) is 26.3. The lowest BCUT2D eigenvalue weighted by Gasteiger charge is -2.37. The number of rotatable bonds is 2. The molecule has 21 heavy (non-hydrogen) atoms. The highest BCUT2D eigenvalue weighted by Gasteiger charge is 2.33. The summed E-state index contributed by atoms with van der Waals surface area (Å²) in [5.41, 5.74) is 1.27. The summed E-state index contributed by atoms with van der Waals surface area (Å²) < 4.78 is 5.77. The summed E-state index contributed by atoms with van der Waals surface area (Å²) in [6.45, 7) is 3.08. The Labute approximate surface area is 132 Å². The Hall–Kier alpha value is -1.10. The van der Waals surface area contributed by atoms with E-state index in [0.717, 1.165) is 39.0 Å². The van der Waals surface area contributed by atoms with Gasteiger partial charge in [0.1, 0.15) is 0 Å². The Balaban J connectivity index is 0.00000161. The van der Waals surface area contributed by atoms with Crippen molar-refractivity contribution in [3.63, 3.8) is 0 Å². The highest BCUT2D eigenvalue weighted by molar-refractivity contribution is 5.85. The summed E-state index contributed by atoms with van der Waals surface area (Å²) in [6, 6.07) is 10.5. The van der Waals surface area contributed by atoms with Crippen LogP contribution in [0.3, 0.4) is 0 Å². The van der Waals surface area contributed by atoms with Crippen molar-refractivity contribution in [1.82, 2.24) is 10.2 Å². The van der Waals surface area contributed by atoms with Crippen molar-refractivity contribution in [1.29, 1.82) is 0 Å². The maximum atomic E-state index is 12.5. The number of hydrogen-bond acceptors (Lipinski definition) is 3. The fourth-order valence-corrected chi connectivity index (χ4v) is 3.10. The Bertz CT molecular complexity index is 455. The largest absolute Gasteiger partial charge is 0.379 e. The number of carbonyl (C=O) groups is 1. The van der Waals surface area contributed by atoms with Gasteiger partial charge in [0.25, 0.3) is 0 Å². The van der Waals surface area contributed by atoms with Crippen molar-refractivity contribution in [2.45, 2.75) is 31.3 Å². The smallest absolute Gasteiger partial charge is 0.240 e. The lowest BCUT2D eigenvalue weighted by Crippen LogP contribution is -2.58. The molecule has 5 heteroatoms. The molecule has 0 spiro atoms. The molecule has 0 aromatic heterocycles. The first-order chi connectivity index (χ1) is 9.84. The molecule has 2 aliphatic rings. The SMILES string of the molecule is Cl.O=C1C2CCCOCC(Cc3ccccc3)N1CCN2. The van der Waals surface area contributed by atoms with E-state index in [-0.39, 0.29) is 30.4 Å². The summed E-state index contributed by atoms with van der Waals surface area (Å²) >= 11 is 0. The zero-order valence-electron chi connectivity index (χ0n) is 12.2. The number of carbonyl (C=O) groups excluding carboxylic acids is 1. The van der Waals surface area contributed by atoms with Crippen molar-refractivity contribution in [3.05, 3.63) is 35.9 Å². The Morgan fingerprint density at radius 2 is 2.10 bits per heavy atom. The maximum absolute atomic E-state index is 12.5. The molecule has 2 unspecified atom stereocenters. The van der Waals surface area contributed by atoms with Gasteiger partial charge in [-0.25, -0.2) is 0 Å². The zero-order valence-corrected chi connectivity index (χ0v) is 13.0. The van der Waals surface area contributed by atoms with Gasteiger partial charge < -0.3 is 15.0 Å². The fraction of sp³-hybridized carbons (Fsp3) is 0.562. The van der Waals surface area contributed by atoms with Gasteiger partial charge in [-0.15, -0.1) is 12.4 Å². The van der Waals surface area contributed by atoms with Crippen LogP contribution in [0.5, 0.6) is 0 Å². The molecule has 0 aliphatic carbocycles. The molecule has 1 amide bonds. The molecule has 1 N–H and O–H groups in total. The van der Waals surface area contributed by atoms with Crippen LogP contribution in [-0.4, -0.2) is 49.2 Å². The molecule has 2 heterocycles. The molecule has 2 bridgehead atoms. The molecular formula is C16H23ClN2O2. The van der Waals surface area contributed by atoms with E-state index in [1.54, 1.807) is 0 Å². The second kappa shape index (κ2) is 7.78. The molecule has 0 saturated carbocycles. The number of halogens is 1. The zero-order chi connectivity index (χ0) is 13.8. The predicted octanol–water partition coefficient (Wildman–Crippen LogP) is 1.63. The molecule has 0 radical (unpaired) electrons. The maximum Gasteiger partial charge on any atom is 0.240 e. The first-order valence-corrected chi connectivity index (χ1v) is 7.50. The van der Waals surface area contributed by atoms with Gasteiger partial charge in [0.15, 0.2) is 0 Å². The number of ether oxygens (including phenoxy) is 1. The van der Waals surface area contributed by atoms with Crippen LogP contribution in [0.2, 0.25) is 0 Å². The van der Waals surface area contributed by atoms with Crippen LogP contribution >= 0.6 is 12.4 Å². The van der Waals surface area contributed by atoms with Gasteiger partial charge >= 0.3 is 0 Å². The van der Waals surface area contributed by atoms with Gasteiger partial charge in [-0.1, -0.05) is 30.3 Å². The monoisotopic (exact) mass is 310 g/mol. The van der Waals surface area contributed by atoms with E-state index in [2.05, 4.69) is 17.4 Å². The van der Waals surface area contributed by atoms with Crippen molar-refractivity contribution in [3.8, 4) is 0 Å². The molecule has 4 nitrogen and oxygen atoms in total. The Morgan fingerprint density at radius 3 is 2.90 bits per heavy atom. The lowest BCUT2D eigenvalue weighted by molar-refractivity contribution is -0.139. The number of amides is 1. The van der Waals surface area contributed by atoms with E-state index in [4.69, 9.17) is 4.74 Å². The standard InChI is InChI=1S/C16H22N2O2.ClH/c19-16-15-7-4-10-20-12-14(18(16)9-8-17-15)11-13-5-2-1-3-6-13;/h1-3,5-6,14-15,17H,4,7-12H2;1H. The van der Waals surface area contributed by atoms with Gasteiger partial charge in [-0.05, 0) is 24.8 Å². The number of hydrogen-bond donors (Lipinski definition) is 1. The molecule has 2 atom stereocenters. The minimum absolute atomic E-state index is 0. The molecule has 1 aromatic carbocycles. The minimum atomic E-state index is -0.0104. The van der Waals surface area contributed by atoms with E-state index in [1.807, 2.05) is 23.1 Å². The van der Waals surface area contributed by atoms with Crippen molar-refractivity contribution < 1.29 is 9.53 Å². The van der Waals surface area contributed by atoms with Crippen LogP contribution in [0, 0.1) is 0 Å². The number of piperazine rings is 1. The summed E-state index contributed by atoms with van der Waals surface area (Å²) in [4.78, 5) is 14.6. The van der Waals surface area contributed by atoms with Gasteiger partial charge in [0.2, 0.25) is 5.91 Å². The summed E-state index contributed by atoms with van der Waals surface area (Å²) in [5, 5.41) is 3.33. The second-order valence-corrected chi connectivity index (χ2v) is 5.60. The van der Waals surface area contributed by atoms with E-state index in [9.17, 15) is 4.79 Å². The van der Waals surface area contributed by atoms with Crippen LogP contribution in [0.15, 0.2) is 30.3 Å². The summed E-state index contributed by atoms with van der Waals surface area (Å²) in [6.07, 6.45) is 2.71. The van der Waals surface area contributed by atoms with Crippen LogP contribution in [0.1, 0.15) is 18.4 Å². The molecule has 2 saturated heterocycles. The Kier molecular flexibility index (Phi) is 6.03. The predicted molar refractivity (Wildman–Crippen MR) is 84.7 cm³/mol. The highest BCUT2D eigenvalue weighted by atomic mass is 35.5. The number of nitrogens with one attached hydrogen (secondary N) is 1. The van der Waals surface area contributed by atoms with E-state index in [0.29, 0.717) is 6.61 Å². The number of nitrogens with zero attached hydrogens (tertiary/aromatic N) is 1. The summed E-state index contributed by atoms with van der Waals surface area (Å²) in [7, 11) is 0. The summed E-state index contributed by atoms with van der Waals surface area (Å²) in [5.74, 6) is 0.252. The van der Waals surface area contributed by atoms with Crippen LogP contribution in [0.25, 0.3) is 0 Å². The third-order valence-corrected chi connectivity index (χ3v) is 4.17. The molecule has 3 rings (SSSR count). The van der Waals surface area contributed by atoms with Crippen LogP contribution in [0.4, 0.5) is 0 Å². The van der Waals surface area contributed by atoms with E-state index in [1.165, 1.54) is 5.56 Å². The second-order valence-electron chi connectivity index (χ2n) is 5.60. The van der Waals surface area contributed by atoms with E-state index < -0.39 is 0 Å². The first kappa shape index (κ1) is 16.3. The number of fused-ring (bicyclic) bond motifs is 2. The average Bonchev–Trinajstić information content (AvgIpc) is 2.52. The van der Waals surface area contributed by atoms with Crippen LogP contribution < -0.4 is 5.32 Å². The Morgan fingerprint density at radius 1 is 1.29 bits per heavy atom. The third-order valence-electron chi connectivity index (χ3n) is 4.17.